The van der Waals surface area contributed by atoms with Gasteiger partial charge in [0.05, 0.1) is 5.92 Å². The number of nitrogens with one attached hydrogen (secondary N) is 2. The smallest absolute Gasteiger partial charge is 0.225 e. The lowest BCUT2D eigenvalue weighted by molar-refractivity contribution is -0.126. The fraction of sp³-hybridized carbons (Fsp3) is 0.333. The SMILES string of the molecule is O=C1CC(C(=O)NCc2cccc(Br)c2)CN1. The van der Waals surface area contributed by atoms with Crippen LogP contribution < -0.4 is 10.6 Å². The minimum atomic E-state index is -0.227. The van der Waals surface area contributed by atoms with Crippen molar-refractivity contribution in [3.8, 4) is 0 Å². The first-order valence-corrected chi connectivity index (χ1v) is 6.23. The Morgan fingerprint density at radius 3 is 3.00 bits per heavy atom. The van der Waals surface area contributed by atoms with Gasteiger partial charge in [-0.3, -0.25) is 9.59 Å². The molecule has 90 valence electrons. The van der Waals surface area contributed by atoms with Crippen LogP contribution in [0.15, 0.2) is 28.7 Å². The number of hydrogen-bond acceptors (Lipinski definition) is 2. The maximum atomic E-state index is 11.7. The fourth-order valence-electron chi connectivity index (χ4n) is 1.77. The van der Waals surface area contributed by atoms with Crippen LogP contribution in [0.2, 0.25) is 0 Å². The summed E-state index contributed by atoms with van der Waals surface area (Å²) in [5.74, 6) is -0.342. The van der Waals surface area contributed by atoms with Crippen molar-refractivity contribution < 1.29 is 9.59 Å². The highest BCUT2D eigenvalue weighted by Crippen LogP contribution is 2.12. The van der Waals surface area contributed by atoms with E-state index in [-0.39, 0.29) is 17.7 Å². The summed E-state index contributed by atoms with van der Waals surface area (Å²) in [6, 6.07) is 7.76. The van der Waals surface area contributed by atoms with Gasteiger partial charge in [-0.1, -0.05) is 28.1 Å². The van der Waals surface area contributed by atoms with Crippen molar-refractivity contribution in [3.05, 3.63) is 34.3 Å². The van der Waals surface area contributed by atoms with Gasteiger partial charge < -0.3 is 10.6 Å². The second-order valence-electron chi connectivity index (χ2n) is 4.05. The Labute approximate surface area is 108 Å². The van der Waals surface area contributed by atoms with Crippen LogP contribution in [0.1, 0.15) is 12.0 Å². The van der Waals surface area contributed by atoms with Crippen molar-refractivity contribution >= 4 is 27.7 Å². The third kappa shape index (κ3) is 3.30. The summed E-state index contributed by atoms with van der Waals surface area (Å²) < 4.78 is 0.988. The van der Waals surface area contributed by atoms with Crippen molar-refractivity contribution in [1.82, 2.24) is 10.6 Å². The average Bonchev–Trinajstić information content (AvgIpc) is 2.73. The van der Waals surface area contributed by atoms with E-state index in [1.165, 1.54) is 0 Å². The number of halogens is 1. The van der Waals surface area contributed by atoms with Gasteiger partial charge in [0.25, 0.3) is 0 Å². The molecule has 0 aliphatic carbocycles. The first-order valence-electron chi connectivity index (χ1n) is 5.44. The van der Waals surface area contributed by atoms with Gasteiger partial charge in [0, 0.05) is 24.0 Å². The molecule has 1 aromatic rings. The molecule has 4 nitrogen and oxygen atoms in total. The largest absolute Gasteiger partial charge is 0.355 e. The molecule has 2 rings (SSSR count). The number of rotatable bonds is 3. The number of benzene rings is 1. The summed E-state index contributed by atoms with van der Waals surface area (Å²) in [7, 11) is 0. The Bertz CT molecular complexity index is 448. The van der Waals surface area contributed by atoms with E-state index < -0.39 is 0 Å². The Morgan fingerprint density at radius 1 is 1.53 bits per heavy atom. The number of amides is 2. The molecule has 1 saturated heterocycles. The molecule has 1 aromatic carbocycles. The first kappa shape index (κ1) is 12.1. The summed E-state index contributed by atoms with van der Waals surface area (Å²) in [6.07, 6.45) is 0.296. The minimum Gasteiger partial charge on any atom is -0.355 e. The first-order chi connectivity index (χ1) is 8.15. The second kappa shape index (κ2) is 5.31. The molecule has 5 heteroatoms. The number of carbonyl (C=O) groups excluding carboxylic acids is 2. The summed E-state index contributed by atoms with van der Waals surface area (Å²) in [5, 5.41) is 5.49. The normalized spacial score (nSPS) is 18.9. The van der Waals surface area contributed by atoms with Gasteiger partial charge in [0.15, 0.2) is 0 Å². The van der Waals surface area contributed by atoms with E-state index in [1.807, 2.05) is 24.3 Å². The zero-order chi connectivity index (χ0) is 12.3. The summed E-state index contributed by atoms with van der Waals surface area (Å²) >= 11 is 3.38. The summed E-state index contributed by atoms with van der Waals surface area (Å²) in [6.45, 7) is 0.937. The molecule has 0 spiro atoms. The lowest BCUT2D eigenvalue weighted by atomic mass is 10.1. The third-order valence-electron chi connectivity index (χ3n) is 2.70. The molecule has 1 heterocycles. The molecule has 1 aliphatic heterocycles. The van der Waals surface area contributed by atoms with Crippen LogP contribution in [0.4, 0.5) is 0 Å². The Balaban J connectivity index is 1.86. The van der Waals surface area contributed by atoms with Crippen LogP contribution >= 0.6 is 15.9 Å². The molecule has 0 bridgehead atoms. The molecule has 1 atom stereocenters. The van der Waals surface area contributed by atoms with Crippen LogP contribution in [-0.4, -0.2) is 18.4 Å². The molecule has 1 unspecified atom stereocenters. The van der Waals surface area contributed by atoms with E-state index in [0.717, 1.165) is 10.0 Å². The topological polar surface area (TPSA) is 58.2 Å². The van der Waals surface area contributed by atoms with Crippen molar-refractivity contribution in [1.29, 1.82) is 0 Å². The lowest BCUT2D eigenvalue weighted by Gasteiger charge is -2.09. The Hall–Kier alpha value is -1.36. The molecule has 0 radical (unpaired) electrons. The van der Waals surface area contributed by atoms with Gasteiger partial charge in [0.1, 0.15) is 0 Å². The van der Waals surface area contributed by atoms with E-state index >= 15 is 0 Å². The van der Waals surface area contributed by atoms with E-state index in [2.05, 4.69) is 26.6 Å². The van der Waals surface area contributed by atoms with Crippen LogP contribution in [0.25, 0.3) is 0 Å². The fourth-order valence-corrected chi connectivity index (χ4v) is 2.22. The Kier molecular flexibility index (Phi) is 3.78. The van der Waals surface area contributed by atoms with Crippen molar-refractivity contribution in [2.75, 3.05) is 6.54 Å². The van der Waals surface area contributed by atoms with Gasteiger partial charge in [-0.25, -0.2) is 0 Å². The van der Waals surface area contributed by atoms with E-state index in [4.69, 9.17) is 0 Å². The minimum absolute atomic E-state index is 0.0485. The maximum Gasteiger partial charge on any atom is 0.225 e. The predicted octanol–water partition coefficient (Wildman–Crippen LogP) is 1.20. The highest BCUT2D eigenvalue weighted by Gasteiger charge is 2.27. The van der Waals surface area contributed by atoms with Crippen molar-refractivity contribution in [3.63, 3.8) is 0 Å². The monoisotopic (exact) mass is 296 g/mol. The van der Waals surface area contributed by atoms with Gasteiger partial charge in [0.2, 0.25) is 11.8 Å². The molecule has 2 N–H and O–H groups in total. The lowest BCUT2D eigenvalue weighted by Crippen LogP contribution is -2.31. The molecule has 0 saturated carbocycles. The third-order valence-corrected chi connectivity index (χ3v) is 3.20. The van der Waals surface area contributed by atoms with Crippen LogP contribution in [0.3, 0.4) is 0 Å². The van der Waals surface area contributed by atoms with Crippen molar-refractivity contribution in [2.24, 2.45) is 5.92 Å². The standard InChI is InChI=1S/C12H13BrN2O2/c13-10-3-1-2-8(4-10)6-15-12(17)9-5-11(16)14-7-9/h1-4,9H,5-7H2,(H,14,16)(H,15,17). The molecular formula is C12H13BrN2O2. The zero-order valence-electron chi connectivity index (χ0n) is 9.20. The highest BCUT2D eigenvalue weighted by atomic mass is 79.9. The van der Waals surface area contributed by atoms with Crippen molar-refractivity contribution in [2.45, 2.75) is 13.0 Å². The number of hydrogen-bond donors (Lipinski definition) is 2. The molecule has 1 aliphatic rings. The predicted molar refractivity (Wildman–Crippen MR) is 67.1 cm³/mol. The summed E-state index contributed by atoms with van der Waals surface area (Å²) in [5.41, 5.74) is 1.03. The molecule has 0 aromatic heterocycles. The maximum absolute atomic E-state index is 11.7. The zero-order valence-corrected chi connectivity index (χ0v) is 10.8. The summed E-state index contributed by atoms with van der Waals surface area (Å²) in [4.78, 5) is 22.7. The quantitative estimate of drug-likeness (QED) is 0.881. The van der Waals surface area contributed by atoms with Gasteiger partial charge in [-0.05, 0) is 17.7 Å². The highest BCUT2D eigenvalue weighted by molar-refractivity contribution is 9.10. The second-order valence-corrected chi connectivity index (χ2v) is 4.97. The van der Waals surface area contributed by atoms with Gasteiger partial charge in [-0.2, -0.15) is 0 Å². The Morgan fingerprint density at radius 2 is 2.35 bits per heavy atom. The van der Waals surface area contributed by atoms with E-state index in [9.17, 15) is 9.59 Å². The molecule has 1 fully saturated rings. The van der Waals surface area contributed by atoms with E-state index in [1.54, 1.807) is 0 Å². The molecular weight excluding hydrogens is 284 g/mol. The van der Waals surface area contributed by atoms with E-state index in [0.29, 0.717) is 19.5 Å². The average molecular weight is 297 g/mol. The molecule has 2 amide bonds. The van der Waals surface area contributed by atoms with Crippen LogP contribution in [-0.2, 0) is 16.1 Å². The van der Waals surface area contributed by atoms with Crippen LogP contribution in [0, 0.1) is 5.92 Å². The van der Waals surface area contributed by atoms with Gasteiger partial charge in [-0.15, -0.1) is 0 Å². The number of carbonyl (C=O) groups is 2. The molecule has 17 heavy (non-hydrogen) atoms. The van der Waals surface area contributed by atoms with Crippen LogP contribution in [0.5, 0.6) is 0 Å². The van der Waals surface area contributed by atoms with Gasteiger partial charge >= 0.3 is 0 Å².